The van der Waals surface area contributed by atoms with Crippen LogP contribution in [-0.2, 0) is 0 Å². The molecule has 0 saturated carbocycles. The Hall–Kier alpha value is -2.50. The van der Waals surface area contributed by atoms with Crippen LogP contribution in [0.5, 0.6) is 5.75 Å². The number of ether oxygens (including phenoxy) is 1. The number of halogens is 2. The van der Waals surface area contributed by atoms with Crippen LogP contribution in [0.3, 0.4) is 0 Å². The van der Waals surface area contributed by atoms with E-state index in [-0.39, 0.29) is 11.4 Å². The third-order valence-corrected chi connectivity index (χ3v) is 2.23. The Morgan fingerprint density at radius 2 is 1.89 bits per heavy atom. The molecule has 1 heterocycles. The maximum atomic E-state index is 11.9. The molecule has 0 spiro atoms. The zero-order valence-corrected chi connectivity index (χ0v) is 9.72. The fourth-order valence-corrected chi connectivity index (χ4v) is 1.40. The minimum absolute atomic E-state index is 0.0914. The third-order valence-electron chi connectivity index (χ3n) is 2.23. The van der Waals surface area contributed by atoms with Crippen LogP contribution in [-0.4, -0.2) is 17.5 Å². The zero-order chi connectivity index (χ0) is 13.7. The van der Waals surface area contributed by atoms with Crippen LogP contribution in [0.1, 0.15) is 10.5 Å². The zero-order valence-electron chi connectivity index (χ0n) is 9.72. The molecule has 1 N–H and O–H groups in total. The van der Waals surface area contributed by atoms with Gasteiger partial charge in [0.1, 0.15) is 11.4 Å². The maximum Gasteiger partial charge on any atom is 0.387 e. The predicted octanol–water partition coefficient (Wildman–Crippen LogP) is 2.94. The average molecular weight is 264 g/mol. The van der Waals surface area contributed by atoms with Crippen LogP contribution in [0.25, 0.3) is 0 Å². The molecule has 0 unspecified atom stereocenters. The van der Waals surface area contributed by atoms with Gasteiger partial charge in [0.2, 0.25) is 0 Å². The summed E-state index contributed by atoms with van der Waals surface area (Å²) < 4.78 is 28.0. The Morgan fingerprint density at radius 1 is 1.16 bits per heavy atom. The van der Waals surface area contributed by atoms with Gasteiger partial charge < -0.3 is 10.1 Å². The molecule has 0 aliphatic rings. The van der Waals surface area contributed by atoms with Crippen molar-refractivity contribution in [2.45, 2.75) is 6.61 Å². The van der Waals surface area contributed by atoms with E-state index >= 15 is 0 Å². The number of amides is 1. The summed E-state index contributed by atoms with van der Waals surface area (Å²) in [6, 6.07) is 11.4. The molecule has 2 rings (SSSR count). The van der Waals surface area contributed by atoms with Gasteiger partial charge in [-0.05, 0) is 24.3 Å². The summed E-state index contributed by atoms with van der Waals surface area (Å²) in [6.45, 7) is -2.91. The van der Waals surface area contributed by atoms with E-state index in [9.17, 15) is 13.6 Å². The van der Waals surface area contributed by atoms with Crippen molar-refractivity contribution in [1.29, 1.82) is 0 Å². The van der Waals surface area contributed by atoms with Crippen LogP contribution >= 0.6 is 0 Å². The lowest BCUT2D eigenvalue weighted by molar-refractivity contribution is -0.0500. The van der Waals surface area contributed by atoms with Gasteiger partial charge in [0.15, 0.2) is 0 Å². The third kappa shape index (κ3) is 3.74. The number of carbonyl (C=O) groups is 1. The van der Waals surface area contributed by atoms with Crippen molar-refractivity contribution in [2.75, 3.05) is 5.32 Å². The molecule has 0 aliphatic heterocycles. The molecule has 6 heteroatoms. The van der Waals surface area contributed by atoms with Crippen molar-refractivity contribution < 1.29 is 18.3 Å². The lowest BCUT2D eigenvalue weighted by atomic mass is 10.3. The summed E-state index contributed by atoms with van der Waals surface area (Å²) in [5, 5.41) is 2.63. The summed E-state index contributed by atoms with van der Waals surface area (Å²) in [5.41, 5.74) is 0.743. The normalized spacial score (nSPS) is 10.3. The first kappa shape index (κ1) is 12.9. The van der Waals surface area contributed by atoms with E-state index in [2.05, 4.69) is 15.0 Å². The molecule has 2 aromatic rings. The summed E-state index contributed by atoms with van der Waals surface area (Å²) in [6.07, 6.45) is 1.08. The molecule has 0 fully saturated rings. The number of pyridine rings is 1. The molecular weight excluding hydrogens is 254 g/mol. The summed E-state index contributed by atoms with van der Waals surface area (Å²) in [5.74, 6) is -0.513. The number of para-hydroxylation sites is 1. The smallest absolute Gasteiger partial charge is 0.387 e. The Bertz CT molecular complexity index is 544. The van der Waals surface area contributed by atoms with E-state index < -0.39 is 12.5 Å². The first-order valence-electron chi connectivity index (χ1n) is 5.42. The van der Waals surface area contributed by atoms with Crippen molar-refractivity contribution in [3.05, 3.63) is 54.4 Å². The molecule has 0 bridgehead atoms. The van der Waals surface area contributed by atoms with Gasteiger partial charge >= 0.3 is 6.61 Å². The average Bonchev–Trinajstić information content (AvgIpc) is 2.40. The topological polar surface area (TPSA) is 51.2 Å². The fourth-order valence-electron chi connectivity index (χ4n) is 1.40. The van der Waals surface area contributed by atoms with Gasteiger partial charge in [0.25, 0.3) is 5.91 Å². The second kappa shape index (κ2) is 5.90. The highest BCUT2D eigenvalue weighted by molar-refractivity contribution is 6.02. The maximum absolute atomic E-state index is 11.9. The Morgan fingerprint density at radius 3 is 2.47 bits per heavy atom. The molecule has 0 atom stereocenters. The molecule has 1 aromatic carbocycles. The molecule has 4 nitrogen and oxygen atoms in total. The first-order valence-corrected chi connectivity index (χ1v) is 5.42. The van der Waals surface area contributed by atoms with Gasteiger partial charge in [-0.3, -0.25) is 4.79 Å². The summed E-state index contributed by atoms with van der Waals surface area (Å²) >= 11 is 0. The summed E-state index contributed by atoms with van der Waals surface area (Å²) in [4.78, 5) is 15.5. The second-order valence-corrected chi connectivity index (χ2v) is 3.58. The molecule has 19 heavy (non-hydrogen) atoms. The number of hydrogen-bond donors (Lipinski definition) is 1. The van der Waals surface area contributed by atoms with E-state index in [0.717, 1.165) is 6.20 Å². The van der Waals surface area contributed by atoms with Gasteiger partial charge in [-0.25, -0.2) is 4.98 Å². The second-order valence-electron chi connectivity index (χ2n) is 3.58. The monoisotopic (exact) mass is 264 g/mol. The number of aromatic nitrogens is 1. The van der Waals surface area contributed by atoms with Crippen LogP contribution in [0.2, 0.25) is 0 Å². The van der Waals surface area contributed by atoms with Crippen molar-refractivity contribution in [1.82, 2.24) is 4.98 Å². The Kier molecular flexibility index (Phi) is 4.02. The highest BCUT2D eigenvalue weighted by Gasteiger charge is 2.09. The van der Waals surface area contributed by atoms with Crippen molar-refractivity contribution in [3.8, 4) is 5.75 Å². The Labute approximate surface area is 108 Å². The lowest BCUT2D eigenvalue weighted by Crippen LogP contribution is -2.13. The highest BCUT2D eigenvalue weighted by atomic mass is 19.3. The van der Waals surface area contributed by atoms with E-state index in [4.69, 9.17) is 0 Å². The molecule has 0 radical (unpaired) electrons. The molecule has 98 valence electrons. The van der Waals surface area contributed by atoms with Crippen LogP contribution in [0, 0.1) is 0 Å². The number of nitrogens with zero attached hydrogens (tertiary/aromatic N) is 1. The number of carbonyl (C=O) groups excluding carboxylic acids is 1. The van der Waals surface area contributed by atoms with Crippen LogP contribution in [0.4, 0.5) is 14.5 Å². The molecule has 1 aromatic heterocycles. The van der Waals surface area contributed by atoms with Gasteiger partial charge in [-0.1, -0.05) is 18.2 Å². The SMILES string of the molecule is O=C(Nc1ccccc1)c1ccc(OC(F)F)cn1. The number of benzene rings is 1. The molecular formula is C13H10F2N2O2. The standard InChI is InChI=1S/C13H10F2N2O2/c14-13(15)19-10-6-7-11(16-8-10)12(18)17-9-4-2-1-3-5-9/h1-8,13H,(H,17,18). The lowest BCUT2D eigenvalue weighted by Gasteiger charge is -2.06. The predicted molar refractivity (Wildman–Crippen MR) is 65.3 cm³/mol. The number of alkyl halides is 2. The van der Waals surface area contributed by atoms with E-state index in [1.807, 2.05) is 6.07 Å². The van der Waals surface area contributed by atoms with Gasteiger partial charge in [0.05, 0.1) is 6.20 Å². The number of nitrogens with one attached hydrogen (secondary N) is 1. The van der Waals surface area contributed by atoms with E-state index in [1.165, 1.54) is 12.1 Å². The first-order chi connectivity index (χ1) is 9.15. The quantitative estimate of drug-likeness (QED) is 0.923. The summed E-state index contributed by atoms with van der Waals surface area (Å²) in [7, 11) is 0. The van der Waals surface area contributed by atoms with E-state index in [0.29, 0.717) is 5.69 Å². The van der Waals surface area contributed by atoms with Crippen molar-refractivity contribution >= 4 is 11.6 Å². The van der Waals surface area contributed by atoms with E-state index in [1.54, 1.807) is 24.3 Å². The van der Waals surface area contributed by atoms with Gasteiger partial charge in [-0.2, -0.15) is 8.78 Å². The highest BCUT2D eigenvalue weighted by Crippen LogP contribution is 2.13. The van der Waals surface area contributed by atoms with Crippen molar-refractivity contribution in [3.63, 3.8) is 0 Å². The number of hydrogen-bond acceptors (Lipinski definition) is 3. The fraction of sp³-hybridized carbons (Fsp3) is 0.0769. The van der Waals surface area contributed by atoms with Gasteiger partial charge in [0, 0.05) is 5.69 Å². The molecule has 0 saturated heterocycles. The molecule has 0 aliphatic carbocycles. The van der Waals surface area contributed by atoms with Crippen LogP contribution < -0.4 is 10.1 Å². The minimum atomic E-state index is -2.91. The number of anilines is 1. The van der Waals surface area contributed by atoms with Crippen molar-refractivity contribution in [2.24, 2.45) is 0 Å². The largest absolute Gasteiger partial charge is 0.433 e. The van der Waals surface area contributed by atoms with Gasteiger partial charge in [-0.15, -0.1) is 0 Å². The number of rotatable bonds is 4. The molecule has 1 amide bonds. The van der Waals surface area contributed by atoms with Crippen LogP contribution in [0.15, 0.2) is 48.7 Å². The minimum Gasteiger partial charge on any atom is -0.433 e. The Balaban J connectivity index is 2.04.